The summed E-state index contributed by atoms with van der Waals surface area (Å²) in [6, 6.07) is 2.64. The molecule has 4 heteroatoms. The number of halogens is 2. The van der Waals surface area contributed by atoms with Crippen molar-refractivity contribution >= 4 is 0 Å². The zero-order chi connectivity index (χ0) is 15.5. The summed E-state index contributed by atoms with van der Waals surface area (Å²) in [7, 11) is 1.74. The van der Waals surface area contributed by atoms with E-state index in [9.17, 15) is 8.78 Å². The predicted octanol–water partition coefficient (Wildman–Crippen LogP) is 4.81. The lowest BCUT2D eigenvalue weighted by Gasteiger charge is -2.10. The monoisotopic (exact) mass is 299 g/mol. The van der Waals surface area contributed by atoms with Crippen molar-refractivity contribution in [1.82, 2.24) is 5.32 Å². The smallest absolute Gasteiger partial charge is 0.190 e. The lowest BCUT2D eigenvalue weighted by Crippen LogP contribution is -2.07. The Morgan fingerprint density at radius 3 is 2.10 bits per heavy atom. The van der Waals surface area contributed by atoms with Crippen LogP contribution in [0.4, 0.5) is 8.78 Å². The van der Waals surface area contributed by atoms with Gasteiger partial charge in [-0.2, -0.15) is 0 Å². The highest BCUT2D eigenvalue weighted by molar-refractivity contribution is 5.31. The number of benzene rings is 1. The molecule has 0 bridgehead atoms. The van der Waals surface area contributed by atoms with Crippen LogP contribution in [-0.2, 0) is 6.54 Å². The van der Waals surface area contributed by atoms with Crippen molar-refractivity contribution in [3.8, 4) is 5.75 Å². The van der Waals surface area contributed by atoms with Crippen LogP contribution in [0.1, 0.15) is 57.4 Å². The van der Waals surface area contributed by atoms with Gasteiger partial charge in [0, 0.05) is 6.54 Å². The second-order valence-corrected chi connectivity index (χ2v) is 5.39. The molecule has 1 aromatic carbocycles. The molecule has 1 N–H and O–H groups in total. The van der Waals surface area contributed by atoms with Crippen molar-refractivity contribution in [3.05, 3.63) is 29.3 Å². The quantitative estimate of drug-likeness (QED) is 0.592. The standard InChI is InChI=1S/C17H27F2NO/c1-3-4-5-6-7-8-9-10-21-17-15(18)11-14(13-20-2)12-16(17)19/h11-12,20H,3-10,13H2,1-2H3. The lowest BCUT2D eigenvalue weighted by molar-refractivity contribution is 0.274. The maximum absolute atomic E-state index is 13.8. The van der Waals surface area contributed by atoms with Gasteiger partial charge < -0.3 is 10.1 Å². The molecule has 0 aliphatic rings. The third kappa shape index (κ3) is 6.89. The first-order chi connectivity index (χ1) is 10.2. The normalized spacial score (nSPS) is 10.9. The molecule has 0 aliphatic heterocycles. The maximum Gasteiger partial charge on any atom is 0.190 e. The van der Waals surface area contributed by atoms with Crippen LogP contribution in [0.15, 0.2) is 12.1 Å². The maximum atomic E-state index is 13.8. The van der Waals surface area contributed by atoms with E-state index < -0.39 is 11.6 Å². The number of unbranched alkanes of at least 4 members (excludes halogenated alkanes) is 6. The average Bonchev–Trinajstić information content (AvgIpc) is 2.44. The van der Waals surface area contributed by atoms with E-state index >= 15 is 0 Å². The second kappa shape index (κ2) is 10.6. The van der Waals surface area contributed by atoms with E-state index in [4.69, 9.17) is 4.74 Å². The molecule has 0 amide bonds. The van der Waals surface area contributed by atoms with E-state index in [0.29, 0.717) is 18.7 Å². The Hall–Kier alpha value is -1.16. The summed E-state index contributed by atoms with van der Waals surface area (Å²) >= 11 is 0. The molecular weight excluding hydrogens is 272 g/mol. The van der Waals surface area contributed by atoms with Crippen molar-refractivity contribution in [2.75, 3.05) is 13.7 Å². The van der Waals surface area contributed by atoms with Crippen molar-refractivity contribution in [1.29, 1.82) is 0 Å². The van der Waals surface area contributed by atoms with Gasteiger partial charge in [0.1, 0.15) is 0 Å². The van der Waals surface area contributed by atoms with Gasteiger partial charge in [-0.25, -0.2) is 8.78 Å². The van der Waals surface area contributed by atoms with Gasteiger partial charge in [-0.15, -0.1) is 0 Å². The first-order valence-electron chi connectivity index (χ1n) is 7.94. The molecule has 2 nitrogen and oxygen atoms in total. The number of hydrogen-bond donors (Lipinski definition) is 1. The highest BCUT2D eigenvalue weighted by atomic mass is 19.1. The number of rotatable bonds is 11. The minimum Gasteiger partial charge on any atom is -0.488 e. The molecule has 21 heavy (non-hydrogen) atoms. The summed E-state index contributed by atoms with van der Waals surface area (Å²) < 4.78 is 32.8. The Morgan fingerprint density at radius 2 is 1.52 bits per heavy atom. The Bertz CT molecular complexity index is 387. The third-order valence-electron chi connectivity index (χ3n) is 3.43. The zero-order valence-electron chi connectivity index (χ0n) is 13.2. The van der Waals surface area contributed by atoms with Gasteiger partial charge in [0.25, 0.3) is 0 Å². The highest BCUT2D eigenvalue weighted by Gasteiger charge is 2.12. The summed E-state index contributed by atoms with van der Waals surface area (Å²) in [5.41, 5.74) is 0.579. The first-order valence-corrected chi connectivity index (χ1v) is 7.94. The van der Waals surface area contributed by atoms with Crippen LogP contribution >= 0.6 is 0 Å². The van der Waals surface area contributed by atoms with E-state index in [-0.39, 0.29) is 5.75 Å². The van der Waals surface area contributed by atoms with Gasteiger partial charge >= 0.3 is 0 Å². The Balaban J connectivity index is 2.29. The Labute approximate surface area is 126 Å². The van der Waals surface area contributed by atoms with Crippen LogP contribution in [0.2, 0.25) is 0 Å². The lowest BCUT2D eigenvalue weighted by atomic mass is 10.1. The molecule has 0 heterocycles. The molecule has 1 rings (SSSR count). The van der Waals surface area contributed by atoms with Crippen LogP contribution in [0, 0.1) is 11.6 Å². The molecule has 0 radical (unpaired) electrons. The summed E-state index contributed by atoms with van der Waals surface area (Å²) in [4.78, 5) is 0. The molecule has 0 aliphatic carbocycles. The van der Waals surface area contributed by atoms with Gasteiger partial charge in [0.15, 0.2) is 17.4 Å². The minimum absolute atomic E-state index is 0.249. The second-order valence-electron chi connectivity index (χ2n) is 5.39. The molecule has 0 atom stereocenters. The topological polar surface area (TPSA) is 21.3 Å². The highest BCUT2D eigenvalue weighted by Crippen LogP contribution is 2.23. The fourth-order valence-corrected chi connectivity index (χ4v) is 2.29. The fraction of sp³-hybridized carbons (Fsp3) is 0.647. The van der Waals surface area contributed by atoms with Crippen LogP contribution < -0.4 is 10.1 Å². The van der Waals surface area contributed by atoms with Crippen molar-refractivity contribution in [2.45, 2.75) is 58.4 Å². The van der Waals surface area contributed by atoms with E-state index in [2.05, 4.69) is 12.2 Å². The largest absolute Gasteiger partial charge is 0.488 e. The predicted molar refractivity (Wildman–Crippen MR) is 82.6 cm³/mol. The first kappa shape index (κ1) is 17.9. The molecule has 0 saturated heterocycles. The van der Waals surface area contributed by atoms with Crippen molar-refractivity contribution in [2.24, 2.45) is 0 Å². The summed E-state index contributed by atoms with van der Waals surface area (Å²) in [5.74, 6) is -1.49. The van der Waals surface area contributed by atoms with Crippen LogP contribution in [0.3, 0.4) is 0 Å². The fourth-order valence-electron chi connectivity index (χ4n) is 2.29. The van der Waals surface area contributed by atoms with E-state index in [1.54, 1.807) is 7.05 Å². The average molecular weight is 299 g/mol. The summed E-state index contributed by atoms with van der Waals surface area (Å²) in [5, 5.41) is 2.86. The SMILES string of the molecule is CCCCCCCCCOc1c(F)cc(CNC)cc1F. The molecular formula is C17H27F2NO. The minimum atomic E-state index is -0.622. The van der Waals surface area contributed by atoms with Crippen LogP contribution in [0.5, 0.6) is 5.75 Å². The van der Waals surface area contributed by atoms with Crippen molar-refractivity contribution < 1.29 is 13.5 Å². The van der Waals surface area contributed by atoms with Gasteiger partial charge in [-0.1, -0.05) is 45.4 Å². The van der Waals surface area contributed by atoms with E-state index in [1.807, 2.05) is 0 Å². The molecule has 0 aromatic heterocycles. The molecule has 0 unspecified atom stereocenters. The molecule has 0 spiro atoms. The molecule has 1 aromatic rings. The number of nitrogens with one attached hydrogen (secondary N) is 1. The molecule has 120 valence electrons. The summed E-state index contributed by atoms with van der Waals surface area (Å²) in [6.45, 7) is 3.00. The van der Waals surface area contributed by atoms with Gasteiger partial charge in [-0.05, 0) is 31.2 Å². The van der Waals surface area contributed by atoms with Gasteiger partial charge in [0.05, 0.1) is 6.61 Å². The molecule has 0 saturated carbocycles. The number of hydrogen-bond acceptors (Lipinski definition) is 2. The number of ether oxygens (including phenoxy) is 1. The zero-order valence-corrected chi connectivity index (χ0v) is 13.2. The molecule has 0 fully saturated rings. The summed E-state index contributed by atoms with van der Waals surface area (Å²) in [6.07, 6.45) is 8.07. The third-order valence-corrected chi connectivity index (χ3v) is 3.43. The van der Waals surface area contributed by atoms with Crippen LogP contribution in [0.25, 0.3) is 0 Å². The van der Waals surface area contributed by atoms with Gasteiger partial charge in [-0.3, -0.25) is 0 Å². The Morgan fingerprint density at radius 1 is 0.952 bits per heavy atom. The van der Waals surface area contributed by atoms with Gasteiger partial charge in [0.2, 0.25) is 0 Å². The van der Waals surface area contributed by atoms with Crippen LogP contribution in [-0.4, -0.2) is 13.7 Å². The van der Waals surface area contributed by atoms with E-state index in [1.165, 1.54) is 37.8 Å². The Kier molecular flexibility index (Phi) is 8.99. The van der Waals surface area contributed by atoms with Crippen molar-refractivity contribution in [3.63, 3.8) is 0 Å². The van der Waals surface area contributed by atoms with E-state index in [0.717, 1.165) is 19.3 Å².